The van der Waals surface area contributed by atoms with E-state index >= 15 is 0 Å². The summed E-state index contributed by atoms with van der Waals surface area (Å²) in [5, 5.41) is 7.55. The predicted molar refractivity (Wildman–Crippen MR) is 87.8 cm³/mol. The summed E-state index contributed by atoms with van der Waals surface area (Å²) in [4.78, 5) is 15.4. The van der Waals surface area contributed by atoms with Crippen molar-refractivity contribution in [1.82, 2.24) is 4.90 Å². The van der Waals surface area contributed by atoms with Crippen LogP contribution in [0, 0.1) is 5.41 Å². The van der Waals surface area contributed by atoms with E-state index in [0.29, 0.717) is 0 Å². The summed E-state index contributed by atoms with van der Waals surface area (Å²) >= 11 is 0. The standard InChI is InChI=1S/C16H24N4O/c1-5-11-20(15(17)18)16(21)19(4)14-12(6-2)9-8-10-13(14)7-3/h5,8-10H,1,6-7,11H2,2-4H3,(H3,17,18). The van der Waals surface area contributed by atoms with Gasteiger partial charge in [0.2, 0.25) is 0 Å². The van der Waals surface area contributed by atoms with Gasteiger partial charge in [-0.05, 0) is 24.0 Å². The molecule has 0 saturated carbocycles. The van der Waals surface area contributed by atoms with E-state index in [9.17, 15) is 4.79 Å². The fourth-order valence-electron chi connectivity index (χ4n) is 2.33. The molecule has 1 rings (SSSR count). The number of rotatable bonds is 5. The van der Waals surface area contributed by atoms with Crippen molar-refractivity contribution in [2.75, 3.05) is 18.5 Å². The van der Waals surface area contributed by atoms with Gasteiger partial charge in [-0.15, -0.1) is 6.58 Å². The summed E-state index contributed by atoms with van der Waals surface area (Å²) < 4.78 is 0. The molecular weight excluding hydrogens is 264 g/mol. The third kappa shape index (κ3) is 3.62. The predicted octanol–water partition coefficient (Wildman–Crippen LogP) is 2.75. The van der Waals surface area contributed by atoms with Crippen molar-refractivity contribution < 1.29 is 4.79 Å². The maximum absolute atomic E-state index is 12.6. The van der Waals surface area contributed by atoms with E-state index in [-0.39, 0.29) is 18.5 Å². The first-order valence-electron chi connectivity index (χ1n) is 7.08. The lowest BCUT2D eigenvalue weighted by Gasteiger charge is -2.29. The highest BCUT2D eigenvalue weighted by molar-refractivity contribution is 6.03. The largest absolute Gasteiger partial charge is 0.370 e. The Bertz CT molecular complexity index is 517. The quantitative estimate of drug-likeness (QED) is 0.497. The lowest BCUT2D eigenvalue weighted by molar-refractivity contribution is 0.230. The van der Waals surface area contributed by atoms with Crippen molar-refractivity contribution in [3.05, 3.63) is 42.0 Å². The van der Waals surface area contributed by atoms with E-state index in [4.69, 9.17) is 11.1 Å². The van der Waals surface area contributed by atoms with E-state index in [2.05, 4.69) is 20.4 Å². The van der Waals surface area contributed by atoms with Crippen LogP contribution < -0.4 is 10.6 Å². The Balaban J connectivity index is 3.23. The highest BCUT2D eigenvalue weighted by Gasteiger charge is 2.23. The van der Waals surface area contributed by atoms with Crippen molar-refractivity contribution >= 4 is 17.7 Å². The number of hydrogen-bond donors (Lipinski definition) is 2. The summed E-state index contributed by atoms with van der Waals surface area (Å²) in [5.41, 5.74) is 8.61. The van der Waals surface area contributed by atoms with Gasteiger partial charge in [-0.2, -0.15) is 0 Å². The molecule has 1 aromatic carbocycles. The second-order valence-corrected chi connectivity index (χ2v) is 4.76. The first-order valence-corrected chi connectivity index (χ1v) is 7.08. The molecule has 0 aromatic heterocycles. The number of nitrogens with two attached hydrogens (primary N) is 1. The van der Waals surface area contributed by atoms with Crippen molar-refractivity contribution in [1.29, 1.82) is 5.41 Å². The minimum atomic E-state index is -0.321. The Kier molecular flexibility index (Phi) is 5.96. The van der Waals surface area contributed by atoms with Gasteiger partial charge in [0.15, 0.2) is 5.96 Å². The molecule has 0 aliphatic carbocycles. The van der Waals surface area contributed by atoms with Crippen molar-refractivity contribution in [2.24, 2.45) is 5.73 Å². The smallest absolute Gasteiger partial charge is 0.331 e. The first-order chi connectivity index (χ1) is 9.97. The highest BCUT2D eigenvalue weighted by Crippen LogP contribution is 2.26. The Morgan fingerprint density at radius 2 is 1.86 bits per heavy atom. The molecular formula is C16H24N4O. The summed E-state index contributed by atoms with van der Waals surface area (Å²) in [5.74, 6) is -0.279. The number of nitrogens with one attached hydrogen (secondary N) is 1. The highest BCUT2D eigenvalue weighted by atomic mass is 16.2. The Morgan fingerprint density at radius 1 is 1.33 bits per heavy atom. The molecule has 0 fully saturated rings. The number of amides is 2. The zero-order valence-electron chi connectivity index (χ0n) is 13.0. The number of guanidine groups is 1. The van der Waals surface area contributed by atoms with Gasteiger partial charge in [-0.3, -0.25) is 15.2 Å². The van der Waals surface area contributed by atoms with Crippen molar-refractivity contribution in [3.63, 3.8) is 0 Å². The van der Waals surface area contributed by atoms with Crippen LogP contribution in [0.15, 0.2) is 30.9 Å². The van der Waals surface area contributed by atoms with Gasteiger partial charge in [-0.1, -0.05) is 38.1 Å². The Morgan fingerprint density at radius 3 is 2.24 bits per heavy atom. The Labute approximate surface area is 126 Å². The molecule has 3 N–H and O–H groups in total. The second kappa shape index (κ2) is 7.47. The number of hydrogen-bond acceptors (Lipinski definition) is 2. The third-order valence-corrected chi connectivity index (χ3v) is 3.42. The topological polar surface area (TPSA) is 73.4 Å². The van der Waals surface area contributed by atoms with E-state index < -0.39 is 0 Å². The summed E-state index contributed by atoms with van der Waals surface area (Å²) in [6, 6.07) is 5.72. The molecule has 0 radical (unpaired) electrons. The molecule has 0 aliphatic heterocycles. The maximum Gasteiger partial charge on any atom is 0.331 e. The number of urea groups is 1. The van der Waals surface area contributed by atoms with Crippen LogP contribution in [0.25, 0.3) is 0 Å². The number of carbonyl (C=O) groups is 1. The Hall–Kier alpha value is -2.30. The van der Waals surface area contributed by atoms with Crippen LogP contribution in [-0.4, -0.2) is 30.5 Å². The first kappa shape index (κ1) is 16.8. The normalized spacial score (nSPS) is 10.0. The monoisotopic (exact) mass is 288 g/mol. The summed E-state index contributed by atoms with van der Waals surface area (Å²) in [6.45, 7) is 7.93. The van der Waals surface area contributed by atoms with E-state index in [0.717, 1.165) is 29.7 Å². The zero-order chi connectivity index (χ0) is 16.0. The molecule has 0 unspecified atom stereocenters. The zero-order valence-corrected chi connectivity index (χ0v) is 13.0. The number of nitrogens with zero attached hydrogens (tertiary/aromatic N) is 2. The summed E-state index contributed by atoms with van der Waals surface area (Å²) in [7, 11) is 1.72. The lowest BCUT2D eigenvalue weighted by Crippen LogP contribution is -2.48. The van der Waals surface area contributed by atoms with Crippen LogP contribution in [0.1, 0.15) is 25.0 Å². The molecule has 0 aliphatic rings. The molecule has 0 heterocycles. The van der Waals surface area contributed by atoms with Gasteiger partial charge in [0.25, 0.3) is 0 Å². The van der Waals surface area contributed by atoms with Gasteiger partial charge in [-0.25, -0.2) is 4.79 Å². The molecule has 114 valence electrons. The van der Waals surface area contributed by atoms with Crippen LogP contribution in [-0.2, 0) is 12.8 Å². The number of benzene rings is 1. The van der Waals surface area contributed by atoms with Gasteiger partial charge in [0, 0.05) is 13.6 Å². The van der Waals surface area contributed by atoms with Crippen molar-refractivity contribution in [3.8, 4) is 0 Å². The molecule has 0 spiro atoms. The average Bonchev–Trinajstić information content (AvgIpc) is 2.49. The van der Waals surface area contributed by atoms with Crippen LogP contribution in [0.2, 0.25) is 0 Å². The second-order valence-electron chi connectivity index (χ2n) is 4.76. The van der Waals surface area contributed by atoms with E-state index in [1.807, 2.05) is 18.2 Å². The SMILES string of the molecule is C=CCN(C(=N)N)C(=O)N(C)c1c(CC)cccc1CC. The molecule has 0 saturated heterocycles. The molecule has 21 heavy (non-hydrogen) atoms. The third-order valence-electron chi connectivity index (χ3n) is 3.42. The minimum absolute atomic E-state index is 0.217. The van der Waals surface area contributed by atoms with E-state index in [1.165, 1.54) is 4.90 Å². The molecule has 2 amide bonds. The maximum atomic E-state index is 12.6. The van der Waals surface area contributed by atoms with Gasteiger partial charge in [0.1, 0.15) is 0 Å². The molecule has 0 atom stereocenters. The van der Waals surface area contributed by atoms with Gasteiger partial charge >= 0.3 is 6.03 Å². The average molecular weight is 288 g/mol. The molecule has 5 heteroatoms. The number of para-hydroxylation sites is 1. The van der Waals surface area contributed by atoms with Gasteiger partial charge in [0.05, 0.1) is 5.69 Å². The lowest BCUT2D eigenvalue weighted by atomic mass is 10.0. The van der Waals surface area contributed by atoms with Crippen molar-refractivity contribution in [2.45, 2.75) is 26.7 Å². The number of aryl methyl sites for hydroxylation is 2. The fourth-order valence-corrected chi connectivity index (χ4v) is 2.33. The molecule has 0 bridgehead atoms. The van der Waals surface area contributed by atoms with Gasteiger partial charge < -0.3 is 5.73 Å². The van der Waals surface area contributed by atoms with E-state index in [1.54, 1.807) is 18.0 Å². The molecule has 1 aromatic rings. The van der Waals surface area contributed by atoms with Crippen LogP contribution in [0.3, 0.4) is 0 Å². The van der Waals surface area contributed by atoms with Crippen LogP contribution in [0.5, 0.6) is 0 Å². The fraction of sp³-hybridized carbons (Fsp3) is 0.375. The summed E-state index contributed by atoms with van der Waals surface area (Å²) in [6.07, 6.45) is 3.23. The number of anilines is 1. The number of carbonyl (C=O) groups excluding carboxylic acids is 1. The van der Waals surface area contributed by atoms with Crippen LogP contribution in [0.4, 0.5) is 10.5 Å². The van der Waals surface area contributed by atoms with Crippen LogP contribution >= 0.6 is 0 Å². The molecule has 5 nitrogen and oxygen atoms in total. The minimum Gasteiger partial charge on any atom is -0.370 e.